The van der Waals surface area contributed by atoms with E-state index in [1.165, 1.54) is 10.6 Å². The molecule has 0 aliphatic carbocycles. The van der Waals surface area contributed by atoms with Gasteiger partial charge in [-0.05, 0) is 48.9 Å². The number of sulfonamides is 1. The van der Waals surface area contributed by atoms with E-state index in [-0.39, 0.29) is 12.5 Å². The fourth-order valence-corrected chi connectivity index (χ4v) is 3.83. The predicted octanol–water partition coefficient (Wildman–Crippen LogP) is 4.22. The second kappa shape index (κ2) is 9.00. The summed E-state index contributed by atoms with van der Waals surface area (Å²) in [6, 6.07) is 21.3. The van der Waals surface area contributed by atoms with Crippen molar-refractivity contribution in [3.05, 3.63) is 89.5 Å². The first-order chi connectivity index (χ1) is 14.3. The third-order valence-electron chi connectivity index (χ3n) is 4.59. The van der Waals surface area contributed by atoms with Crippen molar-refractivity contribution in [3.63, 3.8) is 0 Å². The van der Waals surface area contributed by atoms with Crippen LogP contribution in [0.2, 0.25) is 0 Å². The Bertz CT molecular complexity index is 1120. The Kier molecular flexibility index (Phi) is 6.42. The molecule has 1 amide bonds. The van der Waals surface area contributed by atoms with E-state index in [4.69, 9.17) is 4.74 Å². The molecule has 0 radical (unpaired) electrons. The molecule has 3 aromatic rings. The summed E-state index contributed by atoms with van der Waals surface area (Å²) in [5.41, 5.74) is 3.52. The van der Waals surface area contributed by atoms with Gasteiger partial charge in [0, 0.05) is 17.3 Å². The maximum atomic E-state index is 12.5. The molecule has 30 heavy (non-hydrogen) atoms. The zero-order valence-corrected chi connectivity index (χ0v) is 17.9. The van der Waals surface area contributed by atoms with Gasteiger partial charge in [-0.25, -0.2) is 8.42 Å². The van der Waals surface area contributed by atoms with Crippen molar-refractivity contribution >= 4 is 27.3 Å². The summed E-state index contributed by atoms with van der Waals surface area (Å²) in [7, 11) is -1.94. The van der Waals surface area contributed by atoms with Gasteiger partial charge in [0.1, 0.15) is 5.75 Å². The summed E-state index contributed by atoms with van der Waals surface area (Å²) in [6.45, 7) is 2.20. The Morgan fingerprint density at radius 3 is 2.27 bits per heavy atom. The van der Waals surface area contributed by atoms with E-state index >= 15 is 0 Å². The standard InChI is InChI=1S/C23H24N2O4S/c1-17-7-9-18(10-8-17)16-25(30(3,27)28)21-13-11-19(12-14-21)23(26)24-20-5-4-6-22(15-20)29-2/h4-15H,16H2,1-3H3,(H,24,26). The van der Waals surface area contributed by atoms with Gasteiger partial charge in [-0.3, -0.25) is 9.10 Å². The van der Waals surface area contributed by atoms with Gasteiger partial charge in [0.05, 0.1) is 25.6 Å². The number of hydrogen-bond donors (Lipinski definition) is 1. The van der Waals surface area contributed by atoms with Crippen LogP contribution in [0.25, 0.3) is 0 Å². The van der Waals surface area contributed by atoms with Gasteiger partial charge in [0.2, 0.25) is 10.0 Å². The number of nitrogens with zero attached hydrogens (tertiary/aromatic N) is 1. The van der Waals surface area contributed by atoms with Crippen molar-refractivity contribution < 1.29 is 17.9 Å². The topological polar surface area (TPSA) is 75.7 Å². The summed E-state index contributed by atoms with van der Waals surface area (Å²) in [6.07, 6.45) is 1.17. The minimum absolute atomic E-state index is 0.217. The highest BCUT2D eigenvalue weighted by Crippen LogP contribution is 2.23. The van der Waals surface area contributed by atoms with Crippen molar-refractivity contribution in [3.8, 4) is 5.75 Å². The highest BCUT2D eigenvalue weighted by atomic mass is 32.2. The minimum atomic E-state index is -3.50. The number of anilines is 2. The van der Waals surface area contributed by atoms with Crippen molar-refractivity contribution in [1.82, 2.24) is 0 Å². The highest BCUT2D eigenvalue weighted by Gasteiger charge is 2.18. The number of hydrogen-bond acceptors (Lipinski definition) is 4. The van der Waals surface area contributed by atoms with Crippen LogP contribution in [-0.2, 0) is 16.6 Å². The van der Waals surface area contributed by atoms with Gasteiger partial charge in [0.25, 0.3) is 5.91 Å². The number of carbonyl (C=O) groups excluding carboxylic acids is 1. The van der Waals surface area contributed by atoms with Gasteiger partial charge in [0.15, 0.2) is 0 Å². The second-order valence-electron chi connectivity index (χ2n) is 6.99. The molecule has 0 saturated heterocycles. The predicted molar refractivity (Wildman–Crippen MR) is 120 cm³/mol. The summed E-state index contributed by atoms with van der Waals surface area (Å²) in [5.74, 6) is 0.349. The van der Waals surface area contributed by atoms with Crippen LogP contribution in [0.1, 0.15) is 21.5 Å². The van der Waals surface area contributed by atoms with E-state index in [9.17, 15) is 13.2 Å². The molecule has 3 aromatic carbocycles. The molecule has 0 spiro atoms. The van der Waals surface area contributed by atoms with E-state index in [0.29, 0.717) is 22.7 Å². The van der Waals surface area contributed by atoms with E-state index in [2.05, 4.69) is 5.32 Å². The van der Waals surface area contributed by atoms with Crippen molar-refractivity contribution in [2.45, 2.75) is 13.5 Å². The van der Waals surface area contributed by atoms with Gasteiger partial charge in [-0.15, -0.1) is 0 Å². The monoisotopic (exact) mass is 424 g/mol. The molecule has 0 aliphatic heterocycles. The number of amides is 1. The Balaban J connectivity index is 1.78. The normalized spacial score (nSPS) is 11.0. The van der Waals surface area contributed by atoms with Crippen LogP contribution in [0.3, 0.4) is 0 Å². The molecular formula is C23H24N2O4S. The molecule has 156 valence electrons. The maximum Gasteiger partial charge on any atom is 0.255 e. The van der Waals surface area contributed by atoms with Crippen LogP contribution in [0, 0.1) is 6.92 Å². The maximum absolute atomic E-state index is 12.5. The fraction of sp³-hybridized carbons (Fsp3) is 0.174. The van der Waals surface area contributed by atoms with Gasteiger partial charge < -0.3 is 10.1 Å². The number of rotatable bonds is 7. The Morgan fingerprint density at radius 1 is 1.00 bits per heavy atom. The van der Waals surface area contributed by atoms with Crippen molar-refractivity contribution in [2.75, 3.05) is 23.0 Å². The lowest BCUT2D eigenvalue weighted by molar-refractivity contribution is 0.102. The number of methoxy groups -OCH3 is 1. The van der Waals surface area contributed by atoms with Crippen LogP contribution < -0.4 is 14.4 Å². The Labute approximate surface area is 177 Å². The summed E-state index contributed by atoms with van der Waals surface area (Å²) in [4.78, 5) is 12.5. The van der Waals surface area contributed by atoms with E-state index < -0.39 is 10.0 Å². The highest BCUT2D eigenvalue weighted by molar-refractivity contribution is 7.92. The Hall–Kier alpha value is -3.32. The number of nitrogens with one attached hydrogen (secondary N) is 1. The molecule has 1 N–H and O–H groups in total. The molecule has 0 saturated carbocycles. The number of carbonyl (C=O) groups is 1. The first-order valence-corrected chi connectivity index (χ1v) is 11.2. The number of ether oxygens (including phenoxy) is 1. The summed E-state index contributed by atoms with van der Waals surface area (Å²) < 4.78 is 31.2. The zero-order chi connectivity index (χ0) is 21.7. The SMILES string of the molecule is COc1cccc(NC(=O)c2ccc(N(Cc3ccc(C)cc3)S(C)(=O)=O)cc2)c1. The molecule has 0 unspecified atom stereocenters. The lowest BCUT2D eigenvalue weighted by atomic mass is 10.1. The third-order valence-corrected chi connectivity index (χ3v) is 5.73. The lowest BCUT2D eigenvalue weighted by Gasteiger charge is -2.23. The molecule has 7 heteroatoms. The third kappa shape index (κ3) is 5.39. The average Bonchev–Trinajstić information content (AvgIpc) is 2.72. The van der Waals surface area contributed by atoms with Gasteiger partial charge in [-0.1, -0.05) is 35.9 Å². The quantitative estimate of drug-likeness (QED) is 0.616. The first kappa shape index (κ1) is 21.4. The molecule has 0 heterocycles. The van der Waals surface area contributed by atoms with Gasteiger partial charge in [-0.2, -0.15) is 0 Å². The van der Waals surface area contributed by atoms with Crippen LogP contribution in [0.5, 0.6) is 5.75 Å². The molecule has 0 aromatic heterocycles. The summed E-state index contributed by atoms with van der Waals surface area (Å²) >= 11 is 0. The smallest absolute Gasteiger partial charge is 0.255 e. The number of benzene rings is 3. The number of aryl methyl sites for hydroxylation is 1. The molecule has 0 fully saturated rings. The van der Waals surface area contributed by atoms with Crippen LogP contribution in [0.4, 0.5) is 11.4 Å². The molecule has 0 aliphatic rings. The van der Waals surface area contributed by atoms with E-state index in [1.807, 2.05) is 31.2 Å². The molecule has 3 rings (SSSR count). The summed E-state index contributed by atoms with van der Waals surface area (Å²) in [5, 5.41) is 2.81. The zero-order valence-electron chi connectivity index (χ0n) is 17.1. The van der Waals surface area contributed by atoms with Gasteiger partial charge >= 0.3 is 0 Å². The Morgan fingerprint density at radius 2 is 1.67 bits per heavy atom. The average molecular weight is 425 g/mol. The minimum Gasteiger partial charge on any atom is -0.497 e. The van der Waals surface area contributed by atoms with Crippen LogP contribution in [0.15, 0.2) is 72.8 Å². The molecule has 0 bridgehead atoms. The van der Waals surface area contributed by atoms with E-state index in [1.54, 1.807) is 55.6 Å². The molecular weight excluding hydrogens is 400 g/mol. The van der Waals surface area contributed by atoms with Crippen LogP contribution in [-0.4, -0.2) is 27.7 Å². The molecule has 0 atom stereocenters. The largest absolute Gasteiger partial charge is 0.497 e. The first-order valence-electron chi connectivity index (χ1n) is 9.35. The second-order valence-corrected chi connectivity index (χ2v) is 8.90. The molecule has 6 nitrogen and oxygen atoms in total. The van der Waals surface area contributed by atoms with Crippen molar-refractivity contribution in [1.29, 1.82) is 0 Å². The lowest BCUT2D eigenvalue weighted by Crippen LogP contribution is -2.29. The van der Waals surface area contributed by atoms with Crippen molar-refractivity contribution in [2.24, 2.45) is 0 Å². The van der Waals surface area contributed by atoms with E-state index in [0.717, 1.165) is 11.1 Å². The fourth-order valence-electron chi connectivity index (χ4n) is 2.94. The van der Waals surface area contributed by atoms with Crippen LogP contribution >= 0.6 is 0 Å².